The van der Waals surface area contributed by atoms with E-state index in [1.165, 1.54) is 49.0 Å². The Hall–Kier alpha value is -3.12. The molecule has 0 aromatic heterocycles. The molecule has 0 radical (unpaired) electrons. The monoisotopic (exact) mass is 318 g/mol. The van der Waals surface area contributed by atoms with Crippen molar-refractivity contribution in [2.75, 3.05) is 0 Å². The lowest BCUT2D eigenvalue weighted by Crippen LogP contribution is -1.89. The molecule has 0 saturated carbocycles. The van der Waals surface area contributed by atoms with Crippen molar-refractivity contribution in [1.29, 1.82) is 0 Å². The van der Waals surface area contributed by atoms with E-state index in [1.54, 1.807) is 0 Å². The molecule has 0 saturated heterocycles. The maximum atomic E-state index is 2.29. The molecular weight excluding hydrogens is 300 g/mol. The summed E-state index contributed by atoms with van der Waals surface area (Å²) in [6, 6.07) is 32.8. The standard InChI is InChI=1S/C25H18/c1-17-19(18-9-3-2-4-10-18)15-16-24-22-13-6-5-11-20(22)21-12-7-8-14-23(21)25(17)24/h2-16H,1H3. The Balaban J connectivity index is 2.02. The van der Waals surface area contributed by atoms with Crippen molar-refractivity contribution in [2.45, 2.75) is 6.92 Å². The first-order valence-electron chi connectivity index (χ1n) is 8.73. The zero-order chi connectivity index (χ0) is 16.8. The highest BCUT2D eigenvalue weighted by atomic mass is 14.2. The van der Waals surface area contributed by atoms with Gasteiger partial charge in [-0.05, 0) is 55.9 Å². The largest absolute Gasteiger partial charge is 0.0622 e. The van der Waals surface area contributed by atoms with Gasteiger partial charge in [-0.2, -0.15) is 0 Å². The summed E-state index contributed by atoms with van der Waals surface area (Å²) in [5.74, 6) is 0. The Morgan fingerprint density at radius 1 is 0.440 bits per heavy atom. The molecule has 0 amide bonds. The molecule has 0 heteroatoms. The van der Waals surface area contributed by atoms with Crippen LogP contribution in [0.3, 0.4) is 0 Å². The number of hydrogen-bond acceptors (Lipinski definition) is 0. The normalized spacial score (nSPS) is 11.4. The van der Waals surface area contributed by atoms with Gasteiger partial charge < -0.3 is 0 Å². The third-order valence-corrected chi connectivity index (χ3v) is 5.25. The van der Waals surface area contributed by atoms with Crippen molar-refractivity contribution in [3.8, 4) is 11.1 Å². The average molecular weight is 318 g/mol. The van der Waals surface area contributed by atoms with E-state index < -0.39 is 0 Å². The molecule has 5 aromatic rings. The van der Waals surface area contributed by atoms with Crippen LogP contribution in [-0.2, 0) is 0 Å². The van der Waals surface area contributed by atoms with Crippen LogP contribution in [0.1, 0.15) is 5.56 Å². The zero-order valence-electron chi connectivity index (χ0n) is 14.2. The van der Waals surface area contributed by atoms with Gasteiger partial charge >= 0.3 is 0 Å². The van der Waals surface area contributed by atoms with E-state index in [9.17, 15) is 0 Å². The van der Waals surface area contributed by atoms with Crippen LogP contribution >= 0.6 is 0 Å². The van der Waals surface area contributed by atoms with Crippen molar-refractivity contribution in [3.63, 3.8) is 0 Å². The molecule has 0 N–H and O–H groups in total. The van der Waals surface area contributed by atoms with Crippen molar-refractivity contribution in [1.82, 2.24) is 0 Å². The van der Waals surface area contributed by atoms with Crippen LogP contribution in [0.4, 0.5) is 0 Å². The van der Waals surface area contributed by atoms with Gasteiger partial charge in [0.2, 0.25) is 0 Å². The Bertz CT molecular complexity index is 1200. The van der Waals surface area contributed by atoms with E-state index >= 15 is 0 Å². The van der Waals surface area contributed by atoms with Crippen LogP contribution in [0, 0.1) is 6.92 Å². The van der Waals surface area contributed by atoms with E-state index in [-0.39, 0.29) is 0 Å². The fourth-order valence-electron chi connectivity index (χ4n) is 4.10. The van der Waals surface area contributed by atoms with E-state index in [0.717, 1.165) is 0 Å². The van der Waals surface area contributed by atoms with Gasteiger partial charge in [0.25, 0.3) is 0 Å². The van der Waals surface area contributed by atoms with Crippen molar-refractivity contribution in [2.24, 2.45) is 0 Å². The fourth-order valence-corrected chi connectivity index (χ4v) is 4.10. The third-order valence-electron chi connectivity index (χ3n) is 5.25. The van der Waals surface area contributed by atoms with E-state index in [1.807, 2.05) is 0 Å². The molecule has 5 aromatic carbocycles. The maximum absolute atomic E-state index is 2.29. The topological polar surface area (TPSA) is 0 Å². The maximum Gasteiger partial charge on any atom is -0.00635 e. The van der Waals surface area contributed by atoms with Crippen LogP contribution < -0.4 is 0 Å². The second-order valence-corrected chi connectivity index (χ2v) is 6.62. The summed E-state index contributed by atoms with van der Waals surface area (Å²) in [6.07, 6.45) is 0. The lowest BCUT2D eigenvalue weighted by molar-refractivity contribution is 1.52. The number of benzene rings is 5. The molecule has 25 heavy (non-hydrogen) atoms. The molecule has 0 aliphatic rings. The first kappa shape index (κ1) is 14.2. The van der Waals surface area contributed by atoms with Gasteiger partial charge in [0.15, 0.2) is 0 Å². The minimum absolute atomic E-state index is 1.28. The van der Waals surface area contributed by atoms with Crippen molar-refractivity contribution < 1.29 is 0 Å². The van der Waals surface area contributed by atoms with E-state index in [2.05, 4.69) is 97.9 Å². The Kier molecular flexibility index (Phi) is 3.11. The number of aryl methyl sites for hydroxylation is 1. The lowest BCUT2D eigenvalue weighted by atomic mass is 9.88. The molecule has 0 heterocycles. The first-order chi connectivity index (χ1) is 12.3. The van der Waals surface area contributed by atoms with Gasteiger partial charge in [0.05, 0.1) is 0 Å². The van der Waals surface area contributed by atoms with Crippen molar-refractivity contribution >= 4 is 32.3 Å². The molecule has 0 nitrogen and oxygen atoms in total. The van der Waals surface area contributed by atoms with Gasteiger partial charge in [-0.3, -0.25) is 0 Å². The lowest BCUT2D eigenvalue weighted by Gasteiger charge is -2.15. The Morgan fingerprint density at radius 2 is 0.920 bits per heavy atom. The summed E-state index contributed by atoms with van der Waals surface area (Å²) in [6.45, 7) is 2.26. The number of hydrogen-bond donors (Lipinski definition) is 0. The molecule has 0 atom stereocenters. The molecular formula is C25H18. The van der Waals surface area contributed by atoms with E-state index in [0.29, 0.717) is 0 Å². The summed E-state index contributed by atoms with van der Waals surface area (Å²) in [4.78, 5) is 0. The first-order valence-corrected chi connectivity index (χ1v) is 8.73. The van der Waals surface area contributed by atoms with Gasteiger partial charge in [-0.1, -0.05) is 91.0 Å². The predicted molar refractivity (Wildman–Crippen MR) is 109 cm³/mol. The van der Waals surface area contributed by atoms with Crippen LogP contribution in [-0.4, -0.2) is 0 Å². The average Bonchev–Trinajstić information content (AvgIpc) is 2.69. The van der Waals surface area contributed by atoms with Gasteiger partial charge in [-0.15, -0.1) is 0 Å². The van der Waals surface area contributed by atoms with Gasteiger partial charge in [0.1, 0.15) is 0 Å². The quantitative estimate of drug-likeness (QED) is 0.289. The Morgan fingerprint density at radius 3 is 1.56 bits per heavy atom. The highest BCUT2D eigenvalue weighted by molar-refractivity contribution is 6.26. The SMILES string of the molecule is Cc1c(-c2ccccc2)ccc2c3ccccc3c3ccccc3c12. The minimum Gasteiger partial charge on any atom is -0.0622 e. The molecule has 0 aliphatic heterocycles. The predicted octanol–water partition coefficient (Wildman–Crippen LogP) is 7.12. The molecule has 5 rings (SSSR count). The second kappa shape index (κ2) is 5.46. The number of rotatable bonds is 1. The molecule has 0 fully saturated rings. The van der Waals surface area contributed by atoms with Crippen molar-refractivity contribution in [3.05, 3.63) is 96.6 Å². The van der Waals surface area contributed by atoms with Crippen LogP contribution in [0.15, 0.2) is 91.0 Å². The highest BCUT2D eigenvalue weighted by Crippen LogP contribution is 2.39. The molecule has 0 bridgehead atoms. The summed E-state index contributed by atoms with van der Waals surface area (Å²) < 4.78 is 0. The smallest absolute Gasteiger partial charge is 0.00635 e. The molecule has 118 valence electrons. The van der Waals surface area contributed by atoms with Gasteiger partial charge in [-0.25, -0.2) is 0 Å². The summed E-state index contributed by atoms with van der Waals surface area (Å²) in [7, 11) is 0. The fraction of sp³-hybridized carbons (Fsp3) is 0.0400. The minimum atomic E-state index is 1.28. The van der Waals surface area contributed by atoms with Crippen LogP contribution in [0.25, 0.3) is 43.4 Å². The Labute approximate surface area is 147 Å². The number of fused-ring (bicyclic) bond motifs is 6. The second-order valence-electron chi connectivity index (χ2n) is 6.62. The molecule has 0 aliphatic carbocycles. The summed E-state index contributed by atoms with van der Waals surface area (Å²) in [5, 5.41) is 8.05. The molecule has 0 unspecified atom stereocenters. The van der Waals surface area contributed by atoms with E-state index in [4.69, 9.17) is 0 Å². The van der Waals surface area contributed by atoms with Crippen LogP contribution in [0.5, 0.6) is 0 Å². The zero-order valence-corrected chi connectivity index (χ0v) is 14.2. The van der Waals surface area contributed by atoms with Gasteiger partial charge in [0, 0.05) is 0 Å². The summed E-state index contributed by atoms with van der Waals surface area (Å²) >= 11 is 0. The third kappa shape index (κ3) is 2.08. The summed E-state index contributed by atoms with van der Waals surface area (Å²) in [5.41, 5.74) is 3.94. The van der Waals surface area contributed by atoms with Crippen LogP contribution in [0.2, 0.25) is 0 Å². The highest BCUT2D eigenvalue weighted by Gasteiger charge is 2.12. The molecule has 0 spiro atoms.